The molecule has 0 atom stereocenters. The number of anilines is 1. The van der Waals surface area contributed by atoms with Crippen LogP contribution in [0.15, 0.2) is 56.1 Å². The minimum atomic E-state index is -0.614. The van der Waals surface area contributed by atoms with E-state index < -0.39 is 17.7 Å². The molecule has 3 N–H and O–H groups in total. The van der Waals surface area contributed by atoms with Crippen LogP contribution in [0.1, 0.15) is 27.8 Å². The number of hydrazine groups is 1. The number of aromatic nitrogens is 2. The minimum Gasteiger partial charge on any atom is -0.319 e. The molecule has 3 aromatic rings. The van der Waals surface area contributed by atoms with E-state index in [-0.39, 0.29) is 16.9 Å². The van der Waals surface area contributed by atoms with E-state index in [4.69, 9.17) is 11.6 Å². The zero-order valence-corrected chi connectivity index (χ0v) is 21.2. The summed E-state index contributed by atoms with van der Waals surface area (Å²) in [5.74, 6) is -1.19. The Bertz CT molecular complexity index is 1200. The van der Waals surface area contributed by atoms with E-state index in [0.717, 1.165) is 0 Å². The van der Waals surface area contributed by atoms with Crippen molar-refractivity contribution in [3.8, 4) is 5.82 Å². The van der Waals surface area contributed by atoms with Crippen LogP contribution in [0.4, 0.5) is 5.69 Å². The standard InChI is InChI=1S/C19H13Br3ClN5O3/c1-9(29)26-27-18(30)12-5-10(20)6-13(22)16(12)25-19(31)15-7-11(21)8-28(15)17-14(23)3-2-4-24-17/h2-8H,1H3,(H,25,31)(H,26,29)(H,27,30). The first-order chi connectivity index (χ1) is 14.7. The fourth-order valence-corrected chi connectivity index (χ4v) is 4.56. The average Bonchev–Trinajstić information content (AvgIpc) is 3.09. The molecule has 0 aliphatic carbocycles. The Labute approximate surface area is 207 Å². The smallest absolute Gasteiger partial charge is 0.272 e. The lowest BCUT2D eigenvalue weighted by molar-refractivity contribution is -0.119. The highest BCUT2D eigenvalue weighted by Crippen LogP contribution is 2.32. The Morgan fingerprint density at radius 3 is 2.45 bits per heavy atom. The van der Waals surface area contributed by atoms with Gasteiger partial charge in [0.1, 0.15) is 5.69 Å². The number of nitrogens with zero attached hydrogens (tertiary/aromatic N) is 2. The van der Waals surface area contributed by atoms with Crippen molar-refractivity contribution in [3.63, 3.8) is 0 Å². The van der Waals surface area contributed by atoms with Gasteiger partial charge in [-0.1, -0.05) is 27.5 Å². The van der Waals surface area contributed by atoms with Gasteiger partial charge >= 0.3 is 0 Å². The lowest BCUT2D eigenvalue weighted by Gasteiger charge is -2.15. The van der Waals surface area contributed by atoms with Crippen molar-refractivity contribution >= 4 is 82.8 Å². The first-order valence-corrected chi connectivity index (χ1v) is 11.3. The lowest BCUT2D eigenvalue weighted by atomic mass is 10.1. The van der Waals surface area contributed by atoms with Gasteiger partial charge in [0.25, 0.3) is 11.8 Å². The Kier molecular flexibility index (Phi) is 7.52. The summed E-state index contributed by atoms with van der Waals surface area (Å²) in [6.45, 7) is 1.26. The fraction of sp³-hybridized carbons (Fsp3) is 0.0526. The second kappa shape index (κ2) is 9.94. The molecule has 160 valence electrons. The third kappa shape index (κ3) is 5.53. The van der Waals surface area contributed by atoms with Crippen LogP contribution < -0.4 is 16.2 Å². The zero-order chi connectivity index (χ0) is 22.7. The summed E-state index contributed by atoms with van der Waals surface area (Å²) in [5.41, 5.74) is 5.07. The molecule has 31 heavy (non-hydrogen) atoms. The van der Waals surface area contributed by atoms with E-state index >= 15 is 0 Å². The number of halogens is 4. The van der Waals surface area contributed by atoms with Gasteiger partial charge in [-0.25, -0.2) is 4.98 Å². The van der Waals surface area contributed by atoms with Crippen LogP contribution in [-0.4, -0.2) is 27.3 Å². The number of pyridine rings is 1. The topological polar surface area (TPSA) is 105 Å². The Morgan fingerprint density at radius 1 is 1.03 bits per heavy atom. The van der Waals surface area contributed by atoms with E-state index in [1.54, 1.807) is 36.7 Å². The molecule has 3 amide bonds. The van der Waals surface area contributed by atoms with Crippen LogP contribution in [-0.2, 0) is 4.79 Å². The SMILES string of the molecule is CC(=O)NNC(=O)c1cc(Br)cc(Br)c1NC(=O)c1cc(Br)cn1-c1ncccc1Cl. The normalized spacial score (nSPS) is 10.5. The maximum absolute atomic E-state index is 13.2. The Morgan fingerprint density at radius 2 is 1.77 bits per heavy atom. The maximum Gasteiger partial charge on any atom is 0.272 e. The Balaban J connectivity index is 1.99. The molecule has 8 nitrogen and oxygen atoms in total. The molecule has 0 unspecified atom stereocenters. The third-order valence-electron chi connectivity index (χ3n) is 3.88. The third-order valence-corrected chi connectivity index (χ3v) is 5.69. The van der Waals surface area contributed by atoms with Gasteiger partial charge in [-0.3, -0.25) is 29.8 Å². The summed E-state index contributed by atoms with van der Waals surface area (Å²) >= 11 is 16.3. The predicted molar refractivity (Wildman–Crippen MR) is 127 cm³/mol. The molecule has 0 saturated heterocycles. The van der Waals surface area contributed by atoms with Crippen LogP contribution in [0.3, 0.4) is 0 Å². The second-order valence-corrected chi connectivity index (χ2v) is 9.21. The van der Waals surface area contributed by atoms with Crippen molar-refractivity contribution in [3.05, 3.63) is 72.4 Å². The average molecular weight is 635 g/mol. The van der Waals surface area contributed by atoms with Gasteiger partial charge in [-0.2, -0.15) is 0 Å². The second-order valence-electron chi connectivity index (χ2n) is 6.12. The van der Waals surface area contributed by atoms with Crippen molar-refractivity contribution in [2.45, 2.75) is 6.92 Å². The number of hydrogen-bond acceptors (Lipinski definition) is 4. The molecular weight excluding hydrogens is 621 g/mol. The van der Waals surface area contributed by atoms with Crippen LogP contribution in [0.2, 0.25) is 5.02 Å². The Hall–Kier alpha value is -2.21. The first-order valence-electron chi connectivity index (χ1n) is 8.53. The van der Waals surface area contributed by atoms with Gasteiger partial charge in [0.2, 0.25) is 5.91 Å². The van der Waals surface area contributed by atoms with Gasteiger partial charge < -0.3 is 5.32 Å². The van der Waals surface area contributed by atoms with E-state index in [1.165, 1.54) is 17.6 Å². The van der Waals surface area contributed by atoms with E-state index in [2.05, 4.69) is 68.9 Å². The van der Waals surface area contributed by atoms with Gasteiger partial charge in [0, 0.05) is 32.7 Å². The number of benzene rings is 1. The van der Waals surface area contributed by atoms with Crippen LogP contribution in [0, 0.1) is 0 Å². The molecule has 2 aromatic heterocycles. The van der Waals surface area contributed by atoms with Crippen molar-refractivity contribution in [2.24, 2.45) is 0 Å². The summed E-state index contributed by atoms with van der Waals surface area (Å²) in [5, 5.41) is 3.10. The van der Waals surface area contributed by atoms with E-state index in [0.29, 0.717) is 24.3 Å². The predicted octanol–water partition coefficient (Wildman–Crippen LogP) is 4.85. The molecule has 0 bridgehead atoms. The number of hydrogen-bond donors (Lipinski definition) is 3. The summed E-state index contributed by atoms with van der Waals surface area (Å²) in [7, 11) is 0. The summed E-state index contributed by atoms with van der Waals surface area (Å²) in [4.78, 5) is 41.1. The number of nitrogens with one attached hydrogen (secondary N) is 3. The highest BCUT2D eigenvalue weighted by atomic mass is 79.9. The highest BCUT2D eigenvalue weighted by molar-refractivity contribution is 9.11. The molecule has 12 heteroatoms. The number of rotatable bonds is 4. The summed E-state index contributed by atoms with van der Waals surface area (Å²) in [6, 6.07) is 8.14. The summed E-state index contributed by atoms with van der Waals surface area (Å²) < 4.78 is 3.22. The molecule has 0 fully saturated rings. The van der Waals surface area contributed by atoms with Crippen molar-refractivity contribution < 1.29 is 14.4 Å². The number of amides is 3. The van der Waals surface area contributed by atoms with Gasteiger partial charge in [0.05, 0.1) is 16.3 Å². The molecule has 0 spiro atoms. The first kappa shape index (κ1) is 23.5. The maximum atomic E-state index is 13.2. The van der Waals surface area contributed by atoms with E-state index in [1.807, 2.05) is 0 Å². The highest BCUT2D eigenvalue weighted by Gasteiger charge is 2.22. The molecule has 0 radical (unpaired) electrons. The minimum absolute atomic E-state index is 0.122. The quantitative estimate of drug-likeness (QED) is 0.357. The largest absolute Gasteiger partial charge is 0.319 e. The number of carbonyl (C=O) groups excluding carboxylic acids is 3. The lowest BCUT2D eigenvalue weighted by Crippen LogP contribution is -2.40. The van der Waals surface area contributed by atoms with Crippen molar-refractivity contribution in [1.82, 2.24) is 20.4 Å². The van der Waals surface area contributed by atoms with Gasteiger partial charge in [-0.05, 0) is 62.2 Å². The zero-order valence-electron chi connectivity index (χ0n) is 15.7. The molecule has 0 saturated carbocycles. The number of carbonyl (C=O) groups is 3. The monoisotopic (exact) mass is 631 g/mol. The van der Waals surface area contributed by atoms with Crippen LogP contribution in [0.25, 0.3) is 5.82 Å². The van der Waals surface area contributed by atoms with E-state index in [9.17, 15) is 14.4 Å². The molecule has 2 heterocycles. The fourth-order valence-electron chi connectivity index (χ4n) is 2.60. The molecule has 1 aromatic carbocycles. The molecule has 0 aliphatic heterocycles. The molecule has 3 rings (SSSR count). The van der Waals surface area contributed by atoms with Crippen LogP contribution in [0.5, 0.6) is 0 Å². The summed E-state index contributed by atoms with van der Waals surface area (Å²) in [6.07, 6.45) is 3.22. The van der Waals surface area contributed by atoms with Gasteiger partial charge in [0.15, 0.2) is 5.82 Å². The molecular formula is C19H13Br3ClN5O3. The van der Waals surface area contributed by atoms with Crippen molar-refractivity contribution in [1.29, 1.82) is 0 Å². The van der Waals surface area contributed by atoms with Crippen LogP contribution >= 0.6 is 59.4 Å². The van der Waals surface area contributed by atoms with Crippen molar-refractivity contribution in [2.75, 3.05) is 5.32 Å². The van der Waals surface area contributed by atoms with Gasteiger partial charge in [-0.15, -0.1) is 0 Å². The molecule has 0 aliphatic rings.